The van der Waals surface area contributed by atoms with E-state index in [0.29, 0.717) is 5.69 Å². The van der Waals surface area contributed by atoms with Gasteiger partial charge in [0.2, 0.25) is 0 Å². The number of piperazine rings is 1. The average molecular weight is 397 g/mol. The summed E-state index contributed by atoms with van der Waals surface area (Å²) in [5.74, 6) is 0.0581. The smallest absolute Gasteiger partial charge is 0.274 e. The van der Waals surface area contributed by atoms with Crippen LogP contribution in [0.1, 0.15) is 39.4 Å². The zero-order chi connectivity index (χ0) is 17.2. The summed E-state index contributed by atoms with van der Waals surface area (Å²) in [4.78, 5) is 21.8. The van der Waals surface area contributed by atoms with Gasteiger partial charge in [0.05, 0.1) is 10.7 Å². The lowest BCUT2D eigenvalue weighted by Crippen LogP contribution is -2.48. The molecule has 1 fully saturated rings. The van der Waals surface area contributed by atoms with Gasteiger partial charge < -0.3 is 10.2 Å². The van der Waals surface area contributed by atoms with Gasteiger partial charge in [-0.25, -0.2) is 4.98 Å². The summed E-state index contributed by atoms with van der Waals surface area (Å²) in [6, 6.07) is 0. The Morgan fingerprint density at radius 1 is 1.31 bits per heavy atom. The number of rotatable bonds is 4. The van der Waals surface area contributed by atoms with Gasteiger partial charge in [0.25, 0.3) is 5.91 Å². The van der Waals surface area contributed by atoms with Gasteiger partial charge in [0, 0.05) is 68.9 Å². The van der Waals surface area contributed by atoms with Crippen LogP contribution in [-0.2, 0) is 25.9 Å². The first-order valence-electron chi connectivity index (χ1n) is 8.96. The summed E-state index contributed by atoms with van der Waals surface area (Å²) in [5, 5.41) is 14.0. The zero-order valence-corrected chi connectivity index (χ0v) is 16.6. The van der Waals surface area contributed by atoms with Crippen LogP contribution >= 0.6 is 23.7 Å². The lowest BCUT2D eigenvalue weighted by Gasteiger charge is -2.34. The highest BCUT2D eigenvalue weighted by Gasteiger charge is 2.28. The number of carbonyl (C=O) groups is 1. The second-order valence-corrected chi connectivity index (χ2v) is 7.55. The summed E-state index contributed by atoms with van der Waals surface area (Å²) in [7, 11) is 0. The van der Waals surface area contributed by atoms with E-state index in [0.717, 1.165) is 75.6 Å². The SMILES string of the molecule is CCc1nc(CN2CCN(C(=O)c3n[nH]c4c3CNCC4)CC2)cs1.Cl. The molecule has 2 aromatic heterocycles. The van der Waals surface area contributed by atoms with Crippen molar-refractivity contribution in [3.8, 4) is 0 Å². The topological polar surface area (TPSA) is 77.2 Å². The molecule has 2 aromatic rings. The largest absolute Gasteiger partial charge is 0.335 e. The Balaban J connectivity index is 0.00000196. The third-order valence-electron chi connectivity index (χ3n) is 4.96. The van der Waals surface area contributed by atoms with Gasteiger partial charge in [-0.2, -0.15) is 5.10 Å². The molecule has 9 heteroatoms. The third-order valence-corrected chi connectivity index (χ3v) is 6.00. The van der Waals surface area contributed by atoms with Crippen molar-refractivity contribution in [2.24, 2.45) is 0 Å². The van der Waals surface area contributed by atoms with Crippen LogP contribution in [0, 0.1) is 0 Å². The summed E-state index contributed by atoms with van der Waals surface area (Å²) in [5.41, 5.74) is 3.90. The summed E-state index contributed by atoms with van der Waals surface area (Å²) in [6.07, 6.45) is 1.91. The number of hydrogen-bond donors (Lipinski definition) is 2. The van der Waals surface area contributed by atoms with Crippen LogP contribution in [0.3, 0.4) is 0 Å². The van der Waals surface area contributed by atoms with E-state index in [-0.39, 0.29) is 18.3 Å². The van der Waals surface area contributed by atoms with Gasteiger partial charge in [-0.05, 0) is 6.42 Å². The zero-order valence-electron chi connectivity index (χ0n) is 15.0. The van der Waals surface area contributed by atoms with E-state index < -0.39 is 0 Å². The van der Waals surface area contributed by atoms with E-state index in [1.54, 1.807) is 11.3 Å². The fourth-order valence-electron chi connectivity index (χ4n) is 3.47. The lowest BCUT2D eigenvalue weighted by atomic mass is 10.1. The summed E-state index contributed by atoms with van der Waals surface area (Å²) in [6.45, 7) is 7.95. The highest BCUT2D eigenvalue weighted by Crippen LogP contribution is 2.19. The molecule has 7 nitrogen and oxygen atoms in total. The number of hydrogen-bond acceptors (Lipinski definition) is 6. The van der Waals surface area contributed by atoms with Gasteiger partial charge in [0.15, 0.2) is 5.69 Å². The summed E-state index contributed by atoms with van der Waals surface area (Å²) >= 11 is 1.73. The predicted octanol–water partition coefficient (Wildman–Crippen LogP) is 1.45. The molecule has 2 N–H and O–H groups in total. The number of nitrogens with one attached hydrogen (secondary N) is 2. The van der Waals surface area contributed by atoms with Gasteiger partial charge in [0.1, 0.15) is 0 Å². The second-order valence-electron chi connectivity index (χ2n) is 6.61. The van der Waals surface area contributed by atoms with Gasteiger partial charge in [-0.15, -0.1) is 23.7 Å². The average Bonchev–Trinajstić information content (AvgIpc) is 3.28. The van der Waals surface area contributed by atoms with Crippen molar-refractivity contribution in [1.29, 1.82) is 0 Å². The van der Waals surface area contributed by atoms with Crippen molar-refractivity contribution in [3.05, 3.63) is 33.0 Å². The number of aromatic amines is 1. The molecule has 0 atom stereocenters. The normalized spacial score (nSPS) is 17.7. The molecule has 0 radical (unpaired) electrons. The number of H-pyrrole nitrogens is 1. The van der Waals surface area contributed by atoms with E-state index in [4.69, 9.17) is 0 Å². The monoisotopic (exact) mass is 396 g/mol. The van der Waals surface area contributed by atoms with Crippen LogP contribution in [0.5, 0.6) is 0 Å². The first-order chi connectivity index (χ1) is 12.2. The van der Waals surface area contributed by atoms with Crippen molar-refractivity contribution in [3.63, 3.8) is 0 Å². The molecule has 0 aliphatic carbocycles. The molecule has 2 aliphatic rings. The Kier molecular flexibility index (Phi) is 6.29. The predicted molar refractivity (Wildman–Crippen MR) is 104 cm³/mol. The molecule has 4 heterocycles. The van der Waals surface area contributed by atoms with Crippen LogP contribution in [0.2, 0.25) is 0 Å². The number of nitrogens with zero attached hydrogens (tertiary/aromatic N) is 4. The van der Waals surface area contributed by atoms with E-state index in [2.05, 4.69) is 37.7 Å². The van der Waals surface area contributed by atoms with Gasteiger partial charge in [-0.3, -0.25) is 14.8 Å². The Labute approximate surface area is 163 Å². The maximum atomic E-state index is 12.8. The van der Waals surface area contributed by atoms with E-state index >= 15 is 0 Å². The molecule has 26 heavy (non-hydrogen) atoms. The quantitative estimate of drug-likeness (QED) is 0.818. The van der Waals surface area contributed by atoms with E-state index in [9.17, 15) is 4.79 Å². The number of fused-ring (bicyclic) bond motifs is 1. The number of aryl methyl sites for hydroxylation is 1. The maximum absolute atomic E-state index is 12.8. The maximum Gasteiger partial charge on any atom is 0.274 e. The molecule has 142 valence electrons. The Bertz CT molecular complexity index is 752. The number of aromatic nitrogens is 3. The van der Waals surface area contributed by atoms with Crippen molar-refractivity contribution >= 4 is 29.7 Å². The van der Waals surface area contributed by atoms with Crippen LogP contribution in [0.4, 0.5) is 0 Å². The number of halogens is 1. The van der Waals surface area contributed by atoms with Crippen molar-refractivity contribution in [2.75, 3.05) is 32.7 Å². The van der Waals surface area contributed by atoms with Crippen molar-refractivity contribution < 1.29 is 4.79 Å². The molecular weight excluding hydrogens is 372 g/mol. The fourth-order valence-corrected chi connectivity index (χ4v) is 4.21. The van der Waals surface area contributed by atoms with E-state index in [1.165, 1.54) is 5.01 Å². The van der Waals surface area contributed by atoms with Gasteiger partial charge >= 0.3 is 0 Å². The fraction of sp³-hybridized carbons (Fsp3) is 0.588. The van der Waals surface area contributed by atoms with Crippen LogP contribution in [0.25, 0.3) is 0 Å². The lowest BCUT2D eigenvalue weighted by molar-refractivity contribution is 0.0620. The van der Waals surface area contributed by atoms with Gasteiger partial charge in [-0.1, -0.05) is 6.92 Å². The number of thiazole rings is 1. The molecule has 0 spiro atoms. The van der Waals surface area contributed by atoms with E-state index in [1.807, 2.05) is 4.90 Å². The molecule has 1 saturated heterocycles. The van der Waals surface area contributed by atoms with Crippen LogP contribution in [-0.4, -0.2) is 63.6 Å². The molecule has 1 amide bonds. The number of amides is 1. The molecule has 4 rings (SSSR count). The summed E-state index contributed by atoms with van der Waals surface area (Å²) < 4.78 is 0. The number of carbonyl (C=O) groups excluding carboxylic acids is 1. The molecule has 0 aromatic carbocycles. The molecule has 0 unspecified atom stereocenters. The molecule has 2 aliphatic heterocycles. The highest BCUT2D eigenvalue weighted by atomic mass is 35.5. The standard InChI is InChI=1S/C17H24N6OS.ClH/c1-2-15-19-12(11-25-15)10-22-5-7-23(8-6-22)17(24)16-13-9-18-4-3-14(13)20-21-16;/h11,18H,2-10H2,1H3,(H,20,21);1H. The van der Waals surface area contributed by atoms with Crippen LogP contribution < -0.4 is 5.32 Å². The Morgan fingerprint density at radius 3 is 2.85 bits per heavy atom. The van der Waals surface area contributed by atoms with Crippen LogP contribution in [0.15, 0.2) is 5.38 Å². The first-order valence-corrected chi connectivity index (χ1v) is 9.84. The highest BCUT2D eigenvalue weighted by molar-refractivity contribution is 7.09. The molecule has 0 bridgehead atoms. The van der Waals surface area contributed by atoms with Crippen molar-refractivity contribution in [1.82, 2.24) is 30.3 Å². The second kappa shape index (κ2) is 8.47. The Morgan fingerprint density at radius 2 is 2.12 bits per heavy atom. The Hall–Kier alpha value is -1.48. The minimum atomic E-state index is 0. The molecular formula is C17H25ClN6OS. The molecule has 0 saturated carbocycles. The minimum absolute atomic E-state index is 0. The minimum Gasteiger partial charge on any atom is -0.335 e. The first kappa shape index (κ1) is 19.3. The third kappa shape index (κ3) is 3.93. The van der Waals surface area contributed by atoms with Crippen molar-refractivity contribution in [2.45, 2.75) is 32.9 Å².